The van der Waals surface area contributed by atoms with Crippen LogP contribution in [0.15, 0.2) is 0 Å². The Bertz CT molecular complexity index is 388. The Kier molecular flexibility index (Phi) is 8.22. The van der Waals surface area contributed by atoms with Gasteiger partial charge in [-0.3, -0.25) is 9.59 Å². The molecule has 1 aliphatic carbocycles. The molecule has 0 aromatic heterocycles. The molecule has 3 atom stereocenters. The Labute approximate surface area is 131 Å². The molecule has 118 valence electrons. The van der Waals surface area contributed by atoms with Crippen LogP contribution >= 0.6 is 11.6 Å². The number of hydrogen-bond donors (Lipinski definition) is 0. The molecule has 0 heterocycles. The smallest absolute Gasteiger partial charge is 0.307 e. The summed E-state index contributed by atoms with van der Waals surface area (Å²) in [6.07, 6.45) is 9.65. The van der Waals surface area contributed by atoms with Crippen LogP contribution in [0.2, 0.25) is 0 Å². The maximum absolute atomic E-state index is 11.6. The van der Waals surface area contributed by atoms with Gasteiger partial charge in [-0.05, 0) is 26.2 Å². The van der Waals surface area contributed by atoms with Crippen molar-refractivity contribution in [1.29, 1.82) is 0 Å². The first kappa shape index (κ1) is 17.8. The molecule has 1 saturated carbocycles. The molecule has 0 aromatic rings. The maximum atomic E-state index is 11.6. The van der Waals surface area contributed by atoms with E-state index in [4.69, 9.17) is 27.5 Å². The average Bonchev–Trinajstić information content (AvgIpc) is 2.46. The van der Waals surface area contributed by atoms with Crippen molar-refractivity contribution in [1.82, 2.24) is 0 Å². The zero-order chi connectivity index (χ0) is 15.7. The highest BCUT2D eigenvalue weighted by atomic mass is 35.5. The van der Waals surface area contributed by atoms with Crippen LogP contribution in [0.25, 0.3) is 0 Å². The maximum Gasteiger partial charge on any atom is 0.307 e. The largest absolute Gasteiger partial charge is 0.465 e. The summed E-state index contributed by atoms with van der Waals surface area (Å²) >= 11 is 6.21. The topological polar surface area (TPSA) is 52.6 Å². The van der Waals surface area contributed by atoms with Crippen molar-refractivity contribution in [3.8, 4) is 12.3 Å². The molecule has 1 fully saturated rings. The Hall–Kier alpha value is -1.21. The summed E-state index contributed by atoms with van der Waals surface area (Å²) in [7, 11) is 0. The summed E-state index contributed by atoms with van der Waals surface area (Å²) in [5, 5.41) is 0.103. The van der Waals surface area contributed by atoms with Gasteiger partial charge in [0.2, 0.25) is 0 Å². The molecule has 5 heteroatoms. The fraction of sp³-hybridized carbons (Fsp3) is 0.750. The van der Waals surface area contributed by atoms with Crippen LogP contribution in [0.4, 0.5) is 0 Å². The second-order valence-corrected chi connectivity index (χ2v) is 5.96. The number of ether oxygens (including phenoxy) is 2. The van der Waals surface area contributed by atoms with Crippen LogP contribution in [0.5, 0.6) is 0 Å². The van der Waals surface area contributed by atoms with Gasteiger partial charge in [0.15, 0.2) is 6.10 Å². The SMILES string of the molecule is C#CC(C)OC(=O)CCCC(=O)OCC1CCCCC1Cl. The number of rotatable bonds is 7. The Morgan fingerprint density at radius 1 is 1.29 bits per heavy atom. The monoisotopic (exact) mass is 314 g/mol. The van der Waals surface area contributed by atoms with E-state index in [9.17, 15) is 9.59 Å². The Balaban J connectivity index is 2.11. The van der Waals surface area contributed by atoms with Crippen LogP contribution in [0.1, 0.15) is 51.9 Å². The van der Waals surface area contributed by atoms with Crippen LogP contribution in [-0.4, -0.2) is 30.0 Å². The predicted molar refractivity (Wildman–Crippen MR) is 80.8 cm³/mol. The number of alkyl halides is 1. The molecule has 0 spiro atoms. The van der Waals surface area contributed by atoms with Gasteiger partial charge >= 0.3 is 11.9 Å². The highest BCUT2D eigenvalue weighted by Crippen LogP contribution is 2.28. The molecular formula is C16H23ClO4. The minimum absolute atomic E-state index is 0.103. The van der Waals surface area contributed by atoms with Gasteiger partial charge in [0.05, 0.1) is 6.61 Å². The predicted octanol–water partition coefficient (Wildman–Crippen LogP) is 3.06. The number of esters is 2. The van der Waals surface area contributed by atoms with Crippen molar-refractivity contribution in [2.45, 2.75) is 63.4 Å². The number of carbonyl (C=O) groups excluding carboxylic acids is 2. The van der Waals surface area contributed by atoms with Crippen LogP contribution < -0.4 is 0 Å². The molecule has 0 saturated heterocycles. The van der Waals surface area contributed by atoms with Gasteiger partial charge in [0.1, 0.15) is 0 Å². The summed E-state index contributed by atoms with van der Waals surface area (Å²) in [5.41, 5.74) is 0. The second kappa shape index (κ2) is 9.68. The van der Waals surface area contributed by atoms with E-state index in [1.54, 1.807) is 6.92 Å². The first-order chi connectivity index (χ1) is 10.0. The fourth-order valence-electron chi connectivity index (χ4n) is 2.29. The second-order valence-electron chi connectivity index (χ2n) is 5.40. The van der Waals surface area contributed by atoms with E-state index in [0.29, 0.717) is 13.0 Å². The third kappa shape index (κ3) is 7.38. The highest BCUT2D eigenvalue weighted by molar-refractivity contribution is 6.20. The molecule has 21 heavy (non-hydrogen) atoms. The molecule has 0 amide bonds. The first-order valence-corrected chi connectivity index (χ1v) is 7.92. The molecule has 0 bridgehead atoms. The standard InChI is InChI=1S/C16H23ClO4/c1-3-12(2)21-16(19)10-6-9-15(18)20-11-13-7-4-5-8-14(13)17/h1,12-14H,4-11H2,2H3. The van der Waals surface area contributed by atoms with E-state index in [2.05, 4.69) is 5.92 Å². The van der Waals surface area contributed by atoms with E-state index in [-0.39, 0.29) is 36.1 Å². The van der Waals surface area contributed by atoms with Gasteiger partial charge in [-0.1, -0.05) is 18.8 Å². The number of halogens is 1. The Morgan fingerprint density at radius 3 is 2.62 bits per heavy atom. The minimum atomic E-state index is -0.531. The molecule has 0 aromatic carbocycles. The number of terminal acetylenes is 1. The molecule has 3 unspecified atom stereocenters. The van der Waals surface area contributed by atoms with Gasteiger partial charge < -0.3 is 9.47 Å². The lowest BCUT2D eigenvalue weighted by atomic mass is 9.89. The van der Waals surface area contributed by atoms with Gasteiger partial charge in [-0.15, -0.1) is 18.0 Å². The van der Waals surface area contributed by atoms with Gasteiger partial charge in [0.25, 0.3) is 0 Å². The van der Waals surface area contributed by atoms with E-state index in [1.807, 2.05) is 0 Å². The zero-order valence-corrected chi connectivity index (χ0v) is 13.2. The molecule has 1 rings (SSSR count). The lowest BCUT2D eigenvalue weighted by Crippen LogP contribution is -2.25. The van der Waals surface area contributed by atoms with E-state index in [0.717, 1.165) is 25.7 Å². The van der Waals surface area contributed by atoms with E-state index < -0.39 is 6.10 Å². The summed E-state index contributed by atoms with van der Waals surface area (Å²) in [5.74, 6) is 1.89. The summed E-state index contributed by atoms with van der Waals surface area (Å²) in [6, 6.07) is 0. The fourth-order valence-corrected chi connectivity index (χ4v) is 2.64. The third-order valence-electron chi connectivity index (χ3n) is 3.58. The number of carbonyl (C=O) groups is 2. The van der Waals surface area contributed by atoms with E-state index >= 15 is 0 Å². The molecular weight excluding hydrogens is 292 g/mol. The summed E-state index contributed by atoms with van der Waals surface area (Å²) in [4.78, 5) is 23.0. The molecule has 0 aliphatic heterocycles. The van der Waals surface area contributed by atoms with Crippen molar-refractivity contribution in [2.75, 3.05) is 6.61 Å². The lowest BCUT2D eigenvalue weighted by molar-refractivity contribution is -0.147. The quantitative estimate of drug-likeness (QED) is 0.412. The average molecular weight is 315 g/mol. The van der Waals surface area contributed by atoms with Crippen molar-refractivity contribution in [2.24, 2.45) is 5.92 Å². The zero-order valence-electron chi connectivity index (χ0n) is 12.5. The minimum Gasteiger partial charge on any atom is -0.465 e. The van der Waals surface area contributed by atoms with Crippen molar-refractivity contribution >= 4 is 23.5 Å². The van der Waals surface area contributed by atoms with Gasteiger partial charge in [0, 0.05) is 24.1 Å². The highest BCUT2D eigenvalue weighted by Gasteiger charge is 2.24. The van der Waals surface area contributed by atoms with Crippen molar-refractivity contribution < 1.29 is 19.1 Å². The van der Waals surface area contributed by atoms with Gasteiger partial charge in [-0.2, -0.15) is 0 Å². The Morgan fingerprint density at radius 2 is 1.95 bits per heavy atom. The summed E-state index contributed by atoms with van der Waals surface area (Å²) in [6.45, 7) is 2.00. The molecule has 1 aliphatic rings. The van der Waals surface area contributed by atoms with Crippen LogP contribution in [0.3, 0.4) is 0 Å². The molecule has 4 nitrogen and oxygen atoms in total. The van der Waals surface area contributed by atoms with Crippen molar-refractivity contribution in [3.63, 3.8) is 0 Å². The number of hydrogen-bond acceptors (Lipinski definition) is 4. The molecule has 0 N–H and O–H groups in total. The lowest BCUT2D eigenvalue weighted by Gasteiger charge is -2.26. The van der Waals surface area contributed by atoms with Crippen LogP contribution in [0, 0.1) is 18.3 Å². The van der Waals surface area contributed by atoms with Crippen LogP contribution in [-0.2, 0) is 19.1 Å². The van der Waals surface area contributed by atoms with Gasteiger partial charge in [-0.25, -0.2) is 0 Å². The normalized spacial score (nSPS) is 22.9. The van der Waals surface area contributed by atoms with Crippen molar-refractivity contribution in [3.05, 3.63) is 0 Å². The molecule has 0 radical (unpaired) electrons. The third-order valence-corrected chi connectivity index (χ3v) is 4.15. The first-order valence-electron chi connectivity index (χ1n) is 7.48. The summed E-state index contributed by atoms with van der Waals surface area (Å²) < 4.78 is 10.1. The van der Waals surface area contributed by atoms with E-state index in [1.165, 1.54) is 0 Å².